The minimum Gasteiger partial charge on any atom is -0.449 e. The smallest absolute Gasteiger partial charge is 0.404 e. The highest BCUT2D eigenvalue weighted by molar-refractivity contribution is 5.64. The van der Waals surface area contributed by atoms with Gasteiger partial charge in [-0.3, -0.25) is 0 Å². The van der Waals surface area contributed by atoms with Gasteiger partial charge in [0.2, 0.25) is 0 Å². The highest BCUT2D eigenvalue weighted by Crippen LogP contribution is 2.39. The molecular weight excluding hydrogens is 168 g/mol. The second kappa shape index (κ2) is 3.18. The van der Waals surface area contributed by atoms with Crippen LogP contribution < -0.4 is 5.73 Å². The van der Waals surface area contributed by atoms with Crippen molar-refractivity contribution in [2.24, 2.45) is 11.1 Å². The minimum atomic E-state index is -0.640. The van der Waals surface area contributed by atoms with Crippen LogP contribution in [-0.4, -0.2) is 37.2 Å². The lowest BCUT2D eigenvalue weighted by Crippen LogP contribution is -2.38. The number of hydrogen-bond donors (Lipinski definition) is 1. The second-order valence-corrected chi connectivity index (χ2v) is 4.24. The van der Waals surface area contributed by atoms with Crippen LogP contribution in [0.3, 0.4) is 0 Å². The number of rotatable bonds is 2. The van der Waals surface area contributed by atoms with E-state index in [4.69, 9.17) is 10.5 Å². The first-order valence-corrected chi connectivity index (χ1v) is 4.85. The van der Waals surface area contributed by atoms with Gasteiger partial charge < -0.3 is 15.4 Å². The molecule has 0 aromatic carbocycles. The van der Waals surface area contributed by atoms with E-state index in [0.717, 1.165) is 19.5 Å². The molecule has 2 unspecified atom stereocenters. The van der Waals surface area contributed by atoms with Gasteiger partial charge in [-0.1, -0.05) is 0 Å². The van der Waals surface area contributed by atoms with Crippen molar-refractivity contribution in [3.05, 3.63) is 0 Å². The zero-order valence-corrected chi connectivity index (χ0v) is 7.79. The van der Waals surface area contributed by atoms with Crippen LogP contribution >= 0.6 is 0 Å². The lowest BCUT2D eigenvalue weighted by molar-refractivity contribution is 0.0696. The fourth-order valence-electron chi connectivity index (χ4n) is 2.51. The molecule has 0 saturated carbocycles. The highest BCUT2D eigenvalue weighted by atomic mass is 16.5. The summed E-state index contributed by atoms with van der Waals surface area (Å²) in [6.45, 7) is 3.96. The number of piperidine rings is 1. The van der Waals surface area contributed by atoms with Crippen LogP contribution in [0, 0.1) is 5.41 Å². The van der Waals surface area contributed by atoms with Crippen molar-refractivity contribution in [2.45, 2.75) is 19.3 Å². The van der Waals surface area contributed by atoms with Gasteiger partial charge in [0, 0.05) is 12.0 Å². The van der Waals surface area contributed by atoms with E-state index in [1.807, 2.05) is 0 Å². The van der Waals surface area contributed by atoms with Crippen molar-refractivity contribution < 1.29 is 9.53 Å². The summed E-state index contributed by atoms with van der Waals surface area (Å²) in [5.41, 5.74) is 5.19. The van der Waals surface area contributed by atoms with Crippen molar-refractivity contribution in [1.82, 2.24) is 4.90 Å². The van der Waals surface area contributed by atoms with Gasteiger partial charge in [0.25, 0.3) is 0 Å². The summed E-state index contributed by atoms with van der Waals surface area (Å²) in [5, 5.41) is 0. The molecule has 2 heterocycles. The van der Waals surface area contributed by atoms with E-state index < -0.39 is 6.09 Å². The summed E-state index contributed by atoms with van der Waals surface area (Å²) < 4.78 is 4.91. The maximum Gasteiger partial charge on any atom is 0.404 e. The number of primary amides is 1. The molecule has 0 spiro atoms. The largest absolute Gasteiger partial charge is 0.449 e. The maximum absolute atomic E-state index is 10.5. The van der Waals surface area contributed by atoms with Gasteiger partial charge >= 0.3 is 6.09 Å². The van der Waals surface area contributed by atoms with Crippen LogP contribution in [0.25, 0.3) is 0 Å². The molecule has 13 heavy (non-hydrogen) atoms. The average Bonchev–Trinajstić information content (AvgIpc) is 2.40. The normalized spacial score (nSPS) is 37.4. The molecule has 2 N–H and O–H groups in total. The van der Waals surface area contributed by atoms with Crippen LogP contribution in [0.2, 0.25) is 0 Å². The van der Waals surface area contributed by atoms with E-state index in [0.29, 0.717) is 6.61 Å². The average molecular weight is 184 g/mol. The molecule has 0 aromatic heterocycles. The number of nitrogens with two attached hydrogens (primary N) is 1. The first kappa shape index (κ1) is 8.81. The highest BCUT2D eigenvalue weighted by Gasteiger charge is 2.41. The standard InChI is InChI=1S/C9H16N2O2/c10-8(12)13-7-9-2-1-4-11(6-9)5-3-9/h1-7H2,(H2,10,12). The van der Waals surface area contributed by atoms with Crippen molar-refractivity contribution >= 4 is 6.09 Å². The van der Waals surface area contributed by atoms with Gasteiger partial charge in [-0.05, 0) is 32.4 Å². The van der Waals surface area contributed by atoms with Crippen LogP contribution in [0.5, 0.6) is 0 Å². The molecule has 4 heteroatoms. The minimum absolute atomic E-state index is 0.229. The first-order chi connectivity index (χ1) is 6.20. The summed E-state index contributed by atoms with van der Waals surface area (Å²) in [5.74, 6) is 0. The first-order valence-electron chi connectivity index (χ1n) is 4.85. The summed E-state index contributed by atoms with van der Waals surface area (Å²) in [4.78, 5) is 12.9. The number of fused-ring (bicyclic) bond motifs is 2. The molecule has 2 rings (SSSR count). The predicted octanol–water partition coefficient (Wildman–Crippen LogP) is 0.568. The Labute approximate surface area is 78.0 Å². The monoisotopic (exact) mass is 184 g/mol. The Bertz CT molecular complexity index is 216. The van der Waals surface area contributed by atoms with Crippen LogP contribution in [0.15, 0.2) is 0 Å². The third-order valence-corrected chi connectivity index (χ3v) is 3.22. The van der Waals surface area contributed by atoms with Crippen molar-refractivity contribution in [1.29, 1.82) is 0 Å². The molecule has 4 nitrogen and oxygen atoms in total. The number of amides is 1. The van der Waals surface area contributed by atoms with Gasteiger partial charge in [0.05, 0.1) is 0 Å². The topological polar surface area (TPSA) is 55.6 Å². The molecule has 2 fully saturated rings. The Kier molecular flexibility index (Phi) is 2.15. The quantitative estimate of drug-likeness (QED) is 0.682. The Hall–Kier alpha value is -0.770. The lowest BCUT2D eigenvalue weighted by atomic mass is 9.82. The molecule has 0 aliphatic carbocycles. The zero-order valence-electron chi connectivity index (χ0n) is 7.79. The number of carbonyl (C=O) groups is 1. The Morgan fingerprint density at radius 1 is 1.46 bits per heavy atom. The molecule has 2 atom stereocenters. The summed E-state index contributed by atoms with van der Waals surface area (Å²) in [6.07, 6.45) is 2.91. The van der Waals surface area contributed by atoms with E-state index in [1.165, 1.54) is 19.4 Å². The molecule has 2 saturated heterocycles. The molecule has 0 radical (unpaired) electrons. The summed E-state index contributed by atoms with van der Waals surface area (Å²) in [7, 11) is 0. The van der Waals surface area contributed by atoms with Gasteiger partial charge in [-0.2, -0.15) is 0 Å². The van der Waals surface area contributed by atoms with Gasteiger partial charge in [-0.15, -0.1) is 0 Å². The fraction of sp³-hybridized carbons (Fsp3) is 0.889. The number of carbonyl (C=O) groups excluding carboxylic acids is 1. The molecular formula is C9H16N2O2. The Morgan fingerprint density at radius 3 is 3.08 bits per heavy atom. The van der Waals surface area contributed by atoms with E-state index in [9.17, 15) is 4.79 Å². The molecule has 0 aromatic rings. The Balaban J connectivity index is 1.92. The van der Waals surface area contributed by atoms with Crippen molar-refractivity contribution in [2.75, 3.05) is 26.2 Å². The third-order valence-electron chi connectivity index (χ3n) is 3.22. The third kappa shape index (κ3) is 1.77. The van der Waals surface area contributed by atoms with E-state index in [-0.39, 0.29) is 5.41 Å². The summed E-state index contributed by atoms with van der Waals surface area (Å²) >= 11 is 0. The SMILES string of the molecule is NC(=O)OCC12CCCN(CC1)C2. The van der Waals surface area contributed by atoms with E-state index in [2.05, 4.69) is 4.90 Å². The molecule has 2 aliphatic rings. The van der Waals surface area contributed by atoms with E-state index >= 15 is 0 Å². The fourth-order valence-corrected chi connectivity index (χ4v) is 2.51. The summed E-state index contributed by atoms with van der Waals surface area (Å²) in [6, 6.07) is 0. The van der Waals surface area contributed by atoms with Gasteiger partial charge in [0.15, 0.2) is 0 Å². The number of hydrogen-bond acceptors (Lipinski definition) is 3. The van der Waals surface area contributed by atoms with Gasteiger partial charge in [0.1, 0.15) is 6.61 Å². The van der Waals surface area contributed by atoms with Crippen LogP contribution in [0.1, 0.15) is 19.3 Å². The zero-order chi connectivity index (χ0) is 9.31. The predicted molar refractivity (Wildman–Crippen MR) is 48.3 cm³/mol. The maximum atomic E-state index is 10.5. The van der Waals surface area contributed by atoms with Crippen LogP contribution in [-0.2, 0) is 4.74 Å². The molecule has 2 bridgehead atoms. The number of nitrogens with zero attached hydrogens (tertiary/aromatic N) is 1. The molecule has 1 amide bonds. The van der Waals surface area contributed by atoms with E-state index in [1.54, 1.807) is 0 Å². The Morgan fingerprint density at radius 2 is 2.31 bits per heavy atom. The van der Waals surface area contributed by atoms with Gasteiger partial charge in [-0.25, -0.2) is 4.79 Å². The molecule has 2 aliphatic heterocycles. The second-order valence-electron chi connectivity index (χ2n) is 4.24. The van der Waals surface area contributed by atoms with Crippen LogP contribution in [0.4, 0.5) is 4.79 Å². The van der Waals surface area contributed by atoms with Crippen molar-refractivity contribution in [3.8, 4) is 0 Å². The molecule has 74 valence electrons. The van der Waals surface area contributed by atoms with Crippen molar-refractivity contribution in [3.63, 3.8) is 0 Å². The lowest BCUT2D eigenvalue weighted by Gasteiger charge is -2.32. The number of ether oxygens (including phenoxy) is 1.